The van der Waals surface area contributed by atoms with Crippen LogP contribution in [0.3, 0.4) is 0 Å². The zero-order valence-corrected chi connectivity index (χ0v) is 19.6. The molecule has 2 heterocycles. The smallest absolute Gasteiger partial charge is 0.496 e. The van der Waals surface area contributed by atoms with E-state index in [-0.39, 0.29) is 30.6 Å². The van der Waals surface area contributed by atoms with Gasteiger partial charge in [-0.25, -0.2) is 9.69 Å². The van der Waals surface area contributed by atoms with Gasteiger partial charge in [0.2, 0.25) is 0 Å². The Morgan fingerprint density at radius 1 is 1.14 bits per heavy atom. The summed E-state index contributed by atoms with van der Waals surface area (Å²) in [5, 5.41) is 2.92. The van der Waals surface area contributed by atoms with E-state index in [0.29, 0.717) is 17.7 Å². The highest BCUT2D eigenvalue weighted by atomic mass is 32.2. The quantitative estimate of drug-likeness (QED) is 0.467. The summed E-state index contributed by atoms with van der Waals surface area (Å²) in [7, 11) is 1.48. The van der Waals surface area contributed by atoms with E-state index in [1.165, 1.54) is 35.9 Å². The number of nitrogens with zero attached hydrogens (tertiary/aromatic N) is 2. The maximum Gasteiger partial charge on any atom is 0.573 e. The normalized spacial score (nSPS) is 20.0. The molecule has 2 aromatic rings. The number of hydrogen-bond donors (Lipinski definition) is 1. The first-order valence-electron chi connectivity index (χ1n) is 10.6. The van der Waals surface area contributed by atoms with Crippen LogP contribution in [0.5, 0.6) is 11.5 Å². The molecule has 0 saturated carbocycles. The third-order valence-corrected chi connectivity index (χ3v) is 6.59. The summed E-state index contributed by atoms with van der Waals surface area (Å²) in [5.74, 6) is -0.868. The Bertz CT molecular complexity index is 1140. The summed E-state index contributed by atoms with van der Waals surface area (Å²) in [5.41, 5.74) is 0.507. The number of rotatable bonds is 6. The molecule has 186 valence electrons. The topological polar surface area (TPSA) is 88.2 Å². The second-order valence-corrected chi connectivity index (χ2v) is 8.85. The Balaban J connectivity index is 1.45. The van der Waals surface area contributed by atoms with E-state index in [1.54, 1.807) is 12.1 Å². The number of benzene rings is 2. The Kier molecular flexibility index (Phi) is 6.84. The van der Waals surface area contributed by atoms with Gasteiger partial charge in [0.05, 0.1) is 18.4 Å². The molecule has 2 saturated heterocycles. The summed E-state index contributed by atoms with van der Waals surface area (Å²) in [6.45, 7) is 0.245. The van der Waals surface area contributed by atoms with Gasteiger partial charge in [0.1, 0.15) is 17.5 Å². The van der Waals surface area contributed by atoms with Gasteiger partial charge in [0.25, 0.3) is 11.8 Å². The summed E-state index contributed by atoms with van der Waals surface area (Å²) < 4.78 is 46.4. The van der Waals surface area contributed by atoms with E-state index in [1.807, 2.05) is 12.3 Å². The average Bonchev–Trinajstić information content (AvgIpc) is 3.07. The Morgan fingerprint density at radius 2 is 1.86 bits per heavy atom. The highest BCUT2D eigenvalue weighted by Crippen LogP contribution is 2.33. The molecule has 0 aromatic heterocycles. The van der Waals surface area contributed by atoms with Crippen molar-refractivity contribution >= 4 is 35.3 Å². The van der Waals surface area contributed by atoms with Crippen LogP contribution in [0.4, 0.5) is 23.7 Å². The number of alkyl halides is 3. The minimum atomic E-state index is -4.85. The fourth-order valence-corrected chi connectivity index (χ4v) is 4.64. The monoisotopic (exact) mass is 509 g/mol. The van der Waals surface area contributed by atoms with Crippen LogP contribution >= 0.6 is 11.8 Å². The third-order valence-electron chi connectivity index (χ3n) is 5.86. The van der Waals surface area contributed by atoms with Crippen molar-refractivity contribution in [1.29, 1.82) is 0 Å². The van der Waals surface area contributed by atoms with E-state index < -0.39 is 30.1 Å². The molecule has 2 aromatic carbocycles. The molecule has 2 aliphatic heterocycles. The van der Waals surface area contributed by atoms with Crippen molar-refractivity contribution in [2.45, 2.75) is 36.2 Å². The lowest BCUT2D eigenvalue weighted by Gasteiger charge is -2.32. The zero-order chi connectivity index (χ0) is 25.3. The van der Waals surface area contributed by atoms with Gasteiger partial charge in [-0.15, -0.1) is 24.9 Å². The van der Waals surface area contributed by atoms with Crippen molar-refractivity contribution < 1.29 is 37.0 Å². The number of anilines is 1. The number of amides is 4. The van der Waals surface area contributed by atoms with Crippen LogP contribution < -0.4 is 19.7 Å². The van der Waals surface area contributed by atoms with Gasteiger partial charge in [-0.2, -0.15) is 0 Å². The van der Waals surface area contributed by atoms with Gasteiger partial charge in [0, 0.05) is 17.5 Å². The van der Waals surface area contributed by atoms with Crippen molar-refractivity contribution in [2.24, 2.45) is 0 Å². The first-order chi connectivity index (χ1) is 16.6. The molecule has 0 unspecified atom stereocenters. The fraction of sp³-hybridized carbons (Fsp3) is 0.348. The number of piperidine rings is 1. The Labute approximate surface area is 203 Å². The molecule has 2 fully saturated rings. The molecule has 1 N–H and O–H groups in total. The van der Waals surface area contributed by atoms with Crippen LogP contribution in [-0.4, -0.2) is 61.1 Å². The molecule has 12 heteroatoms. The molecule has 0 spiro atoms. The van der Waals surface area contributed by atoms with Crippen LogP contribution in [-0.2, 0) is 4.79 Å². The highest BCUT2D eigenvalue weighted by molar-refractivity contribution is 7.98. The molecule has 2 aliphatic rings. The van der Waals surface area contributed by atoms with Crippen LogP contribution in [0, 0.1) is 0 Å². The lowest BCUT2D eigenvalue weighted by Crippen LogP contribution is -2.49. The molecule has 4 rings (SSSR count). The highest BCUT2D eigenvalue weighted by Gasteiger charge is 2.48. The molecule has 0 radical (unpaired) electrons. The molecule has 0 aliphatic carbocycles. The second kappa shape index (κ2) is 9.68. The first-order valence-corrected chi connectivity index (χ1v) is 11.9. The van der Waals surface area contributed by atoms with E-state index >= 15 is 0 Å². The number of hydrogen-bond acceptors (Lipinski definition) is 6. The summed E-state index contributed by atoms with van der Waals surface area (Å²) >= 11 is 1.52. The number of carbonyl (C=O) groups is 3. The van der Waals surface area contributed by atoms with Gasteiger partial charge in [-0.05, 0) is 61.6 Å². The summed E-state index contributed by atoms with van der Waals surface area (Å²) in [4.78, 5) is 42.1. The zero-order valence-electron chi connectivity index (χ0n) is 18.8. The van der Waals surface area contributed by atoms with Crippen molar-refractivity contribution in [3.8, 4) is 11.5 Å². The second-order valence-electron chi connectivity index (χ2n) is 7.97. The van der Waals surface area contributed by atoms with Crippen LogP contribution in [0.2, 0.25) is 0 Å². The van der Waals surface area contributed by atoms with Crippen molar-refractivity contribution in [3.05, 3.63) is 48.0 Å². The van der Waals surface area contributed by atoms with Crippen molar-refractivity contribution in [1.82, 2.24) is 10.2 Å². The molecule has 8 nitrogen and oxygen atoms in total. The molecule has 35 heavy (non-hydrogen) atoms. The number of halogens is 3. The van der Waals surface area contributed by atoms with Gasteiger partial charge in [-0.3, -0.25) is 9.59 Å². The van der Waals surface area contributed by atoms with E-state index in [9.17, 15) is 27.6 Å². The van der Waals surface area contributed by atoms with E-state index in [4.69, 9.17) is 4.74 Å². The predicted molar refractivity (Wildman–Crippen MR) is 122 cm³/mol. The first kappa shape index (κ1) is 24.7. The number of ether oxygens (including phenoxy) is 2. The predicted octanol–water partition coefficient (Wildman–Crippen LogP) is 4.05. The van der Waals surface area contributed by atoms with Crippen LogP contribution in [0.15, 0.2) is 47.4 Å². The van der Waals surface area contributed by atoms with Gasteiger partial charge in [0.15, 0.2) is 0 Å². The summed E-state index contributed by atoms with van der Waals surface area (Å²) in [6, 6.07) is 8.09. The average molecular weight is 510 g/mol. The largest absolute Gasteiger partial charge is 0.573 e. The molecular formula is C23H22F3N3O5S. The Morgan fingerprint density at radius 3 is 2.49 bits per heavy atom. The maximum absolute atomic E-state index is 13.1. The van der Waals surface area contributed by atoms with E-state index in [2.05, 4.69) is 10.1 Å². The number of urea groups is 1. The molecule has 0 bridgehead atoms. The fourth-order valence-electron chi connectivity index (χ4n) is 4.22. The van der Waals surface area contributed by atoms with Gasteiger partial charge >= 0.3 is 12.4 Å². The lowest BCUT2D eigenvalue weighted by atomic mass is 9.97. The van der Waals surface area contributed by atoms with Crippen molar-refractivity contribution in [2.75, 3.05) is 24.8 Å². The number of methoxy groups -OCH3 is 1. The Hall–Kier alpha value is -3.41. The number of carbonyl (C=O) groups excluding carboxylic acids is 3. The minimum Gasteiger partial charge on any atom is -0.496 e. The van der Waals surface area contributed by atoms with Crippen LogP contribution in [0.1, 0.15) is 23.2 Å². The van der Waals surface area contributed by atoms with Gasteiger partial charge < -0.3 is 19.7 Å². The number of thioether (sulfide) groups is 1. The minimum absolute atomic E-state index is 0.142. The number of imide groups is 1. The van der Waals surface area contributed by atoms with Crippen molar-refractivity contribution in [3.63, 3.8) is 0 Å². The standard InChI is InChI=1S/C23H22F3N3O5S/c1-33-19-12-16(35-2)7-8-17(19)20(30)27-13-9-10-28-18(11-13)21(31)29(22(28)32)14-3-5-15(6-4-14)34-23(24,25)26/h3-8,12-13,18H,9-11H2,1-2H3,(H,27,30)/t13-,18+/m1/s1. The number of fused-ring (bicyclic) bond motifs is 1. The van der Waals surface area contributed by atoms with Gasteiger partial charge in [-0.1, -0.05) is 0 Å². The van der Waals surface area contributed by atoms with Crippen LogP contribution in [0.25, 0.3) is 0 Å². The maximum atomic E-state index is 13.1. The lowest BCUT2D eigenvalue weighted by molar-refractivity contribution is -0.274. The molecule has 2 atom stereocenters. The molecule has 4 amide bonds. The SMILES string of the molecule is COc1cc(SC)ccc1C(=O)N[C@@H]1CCN2C(=O)N(c3ccc(OC(F)(F)F)cc3)C(=O)[C@@H]2C1. The van der Waals surface area contributed by atoms with E-state index in [0.717, 1.165) is 21.9 Å². The molecular weight excluding hydrogens is 487 g/mol. The summed E-state index contributed by atoms with van der Waals surface area (Å²) in [6.07, 6.45) is -2.27. The number of nitrogens with one attached hydrogen (secondary N) is 1. The third kappa shape index (κ3) is 5.16.